The highest BCUT2D eigenvalue weighted by Gasteiger charge is 2.27. The normalized spacial score (nSPS) is 17.3. The van der Waals surface area contributed by atoms with Crippen LogP contribution in [0.15, 0.2) is 53.6 Å². The zero-order chi connectivity index (χ0) is 18.2. The quantitative estimate of drug-likeness (QED) is 0.754. The molecule has 1 atom stereocenters. The molecule has 5 heteroatoms. The van der Waals surface area contributed by atoms with Gasteiger partial charge in [-0.2, -0.15) is 0 Å². The molecule has 2 heterocycles. The summed E-state index contributed by atoms with van der Waals surface area (Å²) in [5.74, 6) is 0.809. The molecule has 1 saturated heterocycles. The summed E-state index contributed by atoms with van der Waals surface area (Å²) in [7, 11) is 0. The van der Waals surface area contributed by atoms with E-state index in [2.05, 4.69) is 16.0 Å². The van der Waals surface area contributed by atoms with Crippen molar-refractivity contribution in [2.24, 2.45) is 0 Å². The molecule has 1 amide bonds. The smallest absolute Gasteiger partial charge is 0.254 e. The lowest BCUT2D eigenvalue weighted by atomic mass is 9.96. The Balaban J connectivity index is 1.63. The van der Waals surface area contributed by atoms with Crippen LogP contribution in [-0.2, 0) is 6.42 Å². The van der Waals surface area contributed by atoms with Crippen LogP contribution >= 0.6 is 11.8 Å². The van der Waals surface area contributed by atoms with Gasteiger partial charge in [0.25, 0.3) is 5.91 Å². The second-order valence-electron chi connectivity index (χ2n) is 6.60. The van der Waals surface area contributed by atoms with E-state index in [1.807, 2.05) is 42.6 Å². The number of aromatic nitrogens is 1. The number of nitrogens with zero attached hydrogens (tertiary/aromatic N) is 2. The van der Waals surface area contributed by atoms with Crippen molar-refractivity contribution >= 4 is 17.7 Å². The molecule has 1 aliphatic rings. The molecule has 0 radical (unpaired) electrons. The number of aliphatic hydroxyl groups is 1. The Kier molecular flexibility index (Phi) is 7.09. The fourth-order valence-corrected chi connectivity index (χ4v) is 4.11. The maximum atomic E-state index is 13.0. The van der Waals surface area contributed by atoms with Crippen LogP contribution in [-0.4, -0.2) is 45.8 Å². The first kappa shape index (κ1) is 18.9. The molecule has 1 N–H and O–H groups in total. The van der Waals surface area contributed by atoms with Gasteiger partial charge in [0, 0.05) is 40.7 Å². The first-order valence-electron chi connectivity index (χ1n) is 9.32. The standard InChI is InChI=1S/C21H26N2O2S/c24-15-16-26-20-11-7-17(8-12-20)21(25)23-14-4-2-6-19(23)10-9-18-5-1-3-13-22-18/h1,3,5,7-8,11-13,19,24H,2,4,6,9-10,14-16H2/t19-/m1/s1. The van der Waals surface area contributed by atoms with E-state index in [0.29, 0.717) is 11.8 Å². The summed E-state index contributed by atoms with van der Waals surface area (Å²) >= 11 is 1.60. The van der Waals surface area contributed by atoms with Gasteiger partial charge in [-0.3, -0.25) is 9.78 Å². The minimum absolute atomic E-state index is 0.134. The van der Waals surface area contributed by atoms with Crippen LogP contribution in [0, 0.1) is 0 Å². The monoisotopic (exact) mass is 370 g/mol. The minimum Gasteiger partial charge on any atom is -0.396 e. The van der Waals surface area contributed by atoms with E-state index >= 15 is 0 Å². The summed E-state index contributed by atoms with van der Waals surface area (Å²) in [6.45, 7) is 1.00. The Labute approximate surface area is 159 Å². The van der Waals surface area contributed by atoms with E-state index in [-0.39, 0.29) is 12.5 Å². The molecule has 4 nitrogen and oxygen atoms in total. The number of aliphatic hydroxyl groups excluding tert-OH is 1. The van der Waals surface area contributed by atoms with Gasteiger partial charge in [-0.1, -0.05) is 6.07 Å². The van der Waals surface area contributed by atoms with Crippen molar-refractivity contribution in [3.63, 3.8) is 0 Å². The van der Waals surface area contributed by atoms with Crippen molar-refractivity contribution in [2.45, 2.75) is 43.0 Å². The van der Waals surface area contributed by atoms with Gasteiger partial charge in [0.1, 0.15) is 0 Å². The number of hydrogen-bond donors (Lipinski definition) is 1. The topological polar surface area (TPSA) is 53.4 Å². The second-order valence-corrected chi connectivity index (χ2v) is 7.77. The summed E-state index contributed by atoms with van der Waals surface area (Å²) in [5.41, 5.74) is 1.85. The number of hydrogen-bond acceptors (Lipinski definition) is 4. The fourth-order valence-electron chi connectivity index (χ4n) is 3.45. The number of rotatable bonds is 7. The van der Waals surface area contributed by atoms with Crippen LogP contribution in [0.25, 0.3) is 0 Å². The van der Waals surface area contributed by atoms with Crippen molar-refractivity contribution in [1.29, 1.82) is 0 Å². The molecule has 0 aliphatic carbocycles. The largest absolute Gasteiger partial charge is 0.396 e. The average Bonchev–Trinajstić information content (AvgIpc) is 2.71. The van der Waals surface area contributed by atoms with E-state index in [1.165, 1.54) is 6.42 Å². The Morgan fingerprint density at radius 3 is 2.77 bits per heavy atom. The highest BCUT2D eigenvalue weighted by Crippen LogP contribution is 2.24. The first-order chi connectivity index (χ1) is 12.8. The van der Waals surface area contributed by atoms with Gasteiger partial charge >= 0.3 is 0 Å². The van der Waals surface area contributed by atoms with Gasteiger partial charge in [-0.25, -0.2) is 0 Å². The van der Waals surface area contributed by atoms with E-state index in [4.69, 9.17) is 5.11 Å². The van der Waals surface area contributed by atoms with Gasteiger partial charge in [0.2, 0.25) is 0 Å². The Morgan fingerprint density at radius 2 is 2.04 bits per heavy atom. The van der Waals surface area contributed by atoms with Crippen LogP contribution < -0.4 is 0 Å². The summed E-state index contributed by atoms with van der Waals surface area (Å²) in [6.07, 6.45) is 7.04. The summed E-state index contributed by atoms with van der Waals surface area (Å²) in [6, 6.07) is 14.1. The van der Waals surface area contributed by atoms with E-state index in [0.717, 1.165) is 48.4 Å². The van der Waals surface area contributed by atoms with Gasteiger partial charge in [0.15, 0.2) is 0 Å². The predicted molar refractivity (Wildman–Crippen MR) is 105 cm³/mol. The van der Waals surface area contributed by atoms with Crippen LogP contribution in [0.2, 0.25) is 0 Å². The molecular formula is C21H26N2O2S. The van der Waals surface area contributed by atoms with E-state index < -0.39 is 0 Å². The molecule has 26 heavy (non-hydrogen) atoms. The van der Waals surface area contributed by atoms with E-state index in [9.17, 15) is 4.79 Å². The van der Waals surface area contributed by atoms with Crippen LogP contribution in [0.3, 0.4) is 0 Å². The van der Waals surface area contributed by atoms with Gasteiger partial charge in [-0.05, 0) is 68.5 Å². The summed E-state index contributed by atoms with van der Waals surface area (Å²) in [4.78, 5) is 20.6. The SMILES string of the molecule is O=C(c1ccc(SCCO)cc1)N1CCCC[C@@H]1CCc1ccccn1. The Hall–Kier alpha value is -1.85. The minimum atomic E-state index is 0.134. The van der Waals surface area contributed by atoms with Crippen LogP contribution in [0.4, 0.5) is 0 Å². The van der Waals surface area contributed by atoms with Crippen molar-refractivity contribution in [2.75, 3.05) is 18.9 Å². The zero-order valence-corrected chi connectivity index (χ0v) is 15.8. The molecule has 3 rings (SSSR count). The lowest BCUT2D eigenvalue weighted by Gasteiger charge is -2.36. The number of thioether (sulfide) groups is 1. The third kappa shape index (κ3) is 5.08. The molecule has 1 aliphatic heterocycles. The van der Waals surface area contributed by atoms with Crippen LogP contribution in [0.5, 0.6) is 0 Å². The van der Waals surface area contributed by atoms with Crippen LogP contribution in [0.1, 0.15) is 41.7 Å². The van der Waals surface area contributed by atoms with Crippen molar-refractivity contribution in [1.82, 2.24) is 9.88 Å². The molecule has 0 saturated carbocycles. The highest BCUT2D eigenvalue weighted by molar-refractivity contribution is 7.99. The Bertz CT molecular complexity index is 691. The number of carbonyl (C=O) groups excluding carboxylic acids is 1. The molecule has 1 aromatic carbocycles. The maximum Gasteiger partial charge on any atom is 0.254 e. The van der Waals surface area contributed by atoms with Crippen molar-refractivity contribution in [3.05, 3.63) is 59.9 Å². The Morgan fingerprint density at radius 1 is 1.19 bits per heavy atom. The predicted octanol–water partition coefficient (Wildman–Crippen LogP) is 3.79. The third-order valence-corrected chi connectivity index (χ3v) is 5.80. The summed E-state index contributed by atoms with van der Waals surface area (Å²) in [5, 5.41) is 8.92. The number of benzene rings is 1. The second kappa shape index (κ2) is 9.74. The maximum absolute atomic E-state index is 13.0. The number of pyridine rings is 1. The first-order valence-corrected chi connectivity index (χ1v) is 10.3. The highest BCUT2D eigenvalue weighted by atomic mass is 32.2. The van der Waals surface area contributed by atoms with Gasteiger partial charge < -0.3 is 10.0 Å². The third-order valence-electron chi connectivity index (χ3n) is 4.81. The average molecular weight is 371 g/mol. The van der Waals surface area contributed by atoms with Crippen molar-refractivity contribution < 1.29 is 9.90 Å². The molecule has 0 bridgehead atoms. The number of piperidine rings is 1. The lowest BCUT2D eigenvalue weighted by molar-refractivity contribution is 0.0601. The number of likely N-dealkylation sites (tertiary alicyclic amines) is 1. The summed E-state index contributed by atoms with van der Waals surface area (Å²) < 4.78 is 0. The molecule has 1 aromatic heterocycles. The molecule has 138 valence electrons. The number of amides is 1. The molecule has 0 spiro atoms. The molecule has 0 unspecified atom stereocenters. The molecule has 2 aromatic rings. The molecular weight excluding hydrogens is 344 g/mol. The van der Waals surface area contributed by atoms with Gasteiger partial charge in [0.05, 0.1) is 6.61 Å². The molecule has 1 fully saturated rings. The number of carbonyl (C=O) groups is 1. The van der Waals surface area contributed by atoms with E-state index in [1.54, 1.807) is 11.8 Å². The number of aryl methyl sites for hydroxylation is 1. The fraction of sp³-hybridized carbons (Fsp3) is 0.429. The lowest BCUT2D eigenvalue weighted by Crippen LogP contribution is -2.44. The van der Waals surface area contributed by atoms with Crippen molar-refractivity contribution in [3.8, 4) is 0 Å². The van der Waals surface area contributed by atoms with Gasteiger partial charge in [-0.15, -0.1) is 11.8 Å². The zero-order valence-electron chi connectivity index (χ0n) is 15.0.